The van der Waals surface area contributed by atoms with Crippen molar-refractivity contribution in [3.05, 3.63) is 24.3 Å². The van der Waals surface area contributed by atoms with E-state index in [0.717, 1.165) is 12.1 Å². The summed E-state index contributed by atoms with van der Waals surface area (Å²) in [7, 11) is 3.41. The van der Waals surface area contributed by atoms with E-state index < -0.39 is 6.36 Å². The summed E-state index contributed by atoms with van der Waals surface area (Å²) in [5, 5.41) is 2.57. The second-order valence-electron chi connectivity index (χ2n) is 6.03. The van der Waals surface area contributed by atoms with E-state index >= 15 is 0 Å². The third-order valence-corrected chi connectivity index (χ3v) is 3.45. The molecule has 0 aliphatic heterocycles. The van der Waals surface area contributed by atoms with Crippen LogP contribution in [0.3, 0.4) is 0 Å². The quantitative estimate of drug-likeness (QED) is 0.758. The molecule has 6 nitrogen and oxygen atoms in total. The van der Waals surface area contributed by atoms with E-state index in [1.165, 1.54) is 12.1 Å². The van der Waals surface area contributed by atoms with E-state index in [-0.39, 0.29) is 36.7 Å². The van der Waals surface area contributed by atoms with Gasteiger partial charge in [0, 0.05) is 18.8 Å². The molecule has 1 unspecified atom stereocenters. The monoisotopic (exact) mass is 362 g/mol. The lowest BCUT2D eigenvalue weighted by Gasteiger charge is -2.23. The number of anilines is 1. The highest BCUT2D eigenvalue weighted by Crippen LogP contribution is 2.23. The molecular weight excluding hydrogens is 339 g/mol. The second-order valence-corrected chi connectivity index (χ2v) is 6.03. The number of halogens is 3. The summed E-state index contributed by atoms with van der Waals surface area (Å²) in [4.78, 5) is 26.2. The molecule has 25 heavy (non-hydrogen) atoms. The zero-order valence-electron chi connectivity index (χ0n) is 14.6. The van der Waals surface area contributed by atoms with E-state index in [4.69, 9.17) is 0 Å². The number of alkyl halides is 3. The van der Waals surface area contributed by atoms with Crippen LogP contribution in [0.2, 0.25) is 0 Å². The maximum atomic E-state index is 12.1. The van der Waals surface area contributed by atoms with Crippen LogP contribution in [-0.4, -0.2) is 56.3 Å². The molecule has 0 fully saturated rings. The molecule has 1 atom stereocenters. The average Bonchev–Trinajstić information content (AvgIpc) is 2.46. The number of quaternary nitrogens is 1. The highest BCUT2D eigenvalue weighted by atomic mass is 19.4. The molecule has 1 aromatic carbocycles. The van der Waals surface area contributed by atoms with Crippen LogP contribution in [0, 0.1) is 0 Å². The van der Waals surface area contributed by atoms with Crippen LogP contribution in [0.4, 0.5) is 18.9 Å². The van der Waals surface area contributed by atoms with Gasteiger partial charge in [0.1, 0.15) is 5.75 Å². The first kappa shape index (κ1) is 20.8. The molecule has 0 saturated carbocycles. The molecule has 9 heteroatoms. The van der Waals surface area contributed by atoms with Crippen molar-refractivity contribution in [1.82, 2.24) is 4.90 Å². The number of carbonyl (C=O) groups is 2. The molecule has 0 radical (unpaired) electrons. The van der Waals surface area contributed by atoms with Crippen molar-refractivity contribution in [1.29, 1.82) is 0 Å². The van der Waals surface area contributed by atoms with Gasteiger partial charge >= 0.3 is 6.36 Å². The minimum Gasteiger partial charge on any atom is -0.406 e. The van der Waals surface area contributed by atoms with Crippen LogP contribution < -0.4 is 15.0 Å². The molecule has 0 saturated heterocycles. The summed E-state index contributed by atoms with van der Waals surface area (Å²) in [6, 6.07) is 4.92. The predicted molar refractivity (Wildman–Crippen MR) is 86.3 cm³/mol. The van der Waals surface area contributed by atoms with E-state index in [0.29, 0.717) is 10.6 Å². The maximum Gasteiger partial charge on any atom is 0.573 e. The summed E-state index contributed by atoms with van der Waals surface area (Å²) in [6.07, 6.45) is -4.76. The third-order valence-electron chi connectivity index (χ3n) is 3.45. The Labute approximate surface area is 144 Å². The number of nitrogens with zero attached hydrogens (tertiary/aromatic N) is 1. The molecule has 0 heterocycles. The average molecular weight is 362 g/mol. The Morgan fingerprint density at radius 1 is 1.20 bits per heavy atom. The van der Waals surface area contributed by atoms with Gasteiger partial charge in [0.05, 0.1) is 7.05 Å². The summed E-state index contributed by atoms with van der Waals surface area (Å²) in [6.45, 7) is 4.01. The Balaban J connectivity index is 2.49. The first-order chi connectivity index (χ1) is 11.5. The number of rotatable bonds is 7. The molecule has 2 amide bonds. The predicted octanol–water partition coefficient (Wildman–Crippen LogP) is 0.905. The molecular formula is C16H23F3N3O3+. The van der Waals surface area contributed by atoms with Gasteiger partial charge in [-0.15, -0.1) is 13.2 Å². The number of benzene rings is 1. The van der Waals surface area contributed by atoms with Crippen molar-refractivity contribution in [2.75, 3.05) is 32.5 Å². The Hall–Kier alpha value is -2.29. The van der Waals surface area contributed by atoms with Crippen molar-refractivity contribution in [2.45, 2.75) is 26.3 Å². The number of likely N-dealkylation sites (N-methyl/N-ethyl adjacent to an activating group) is 2. The fourth-order valence-corrected chi connectivity index (χ4v) is 1.95. The number of hydrogen-bond acceptors (Lipinski definition) is 3. The van der Waals surface area contributed by atoms with Crippen LogP contribution in [0.5, 0.6) is 5.75 Å². The first-order valence-electron chi connectivity index (χ1n) is 7.70. The fraction of sp³-hybridized carbons (Fsp3) is 0.500. The normalized spacial score (nSPS) is 12.6. The number of hydrogen-bond donors (Lipinski definition) is 2. The van der Waals surface area contributed by atoms with E-state index in [1.807, 2.05) is 13.8 Å². The van der Waals surface area contributed by atoms with Gasteiger partial charge in [-0.2, -0.15) is 0 Å². The first-order valence-corrected chi connectivity index (χ1v) is 7.70. The number of carbonyl (C=O) groups excluding carboxylic acids is 2. The molecule has 0 aliphatic carbocycles. The maximum absolute atomic E-state index is 12.1. The molecule has 1 aromatic rings. The van der Waals surface area contributed by atoms with Crippen molar-refractivity contribution in [2.24, 2.45) is 0 Å². The van der Waals surface area contributed by atoms with Crippen LogP contribution in [0.1, 0.15) is 13.8 Å². The SMILES string of the molecule is CC(C)N(C)C(=O)C[NH+](C)CC(=O)Nc1ccc(OC(F)(F)F)cc1. The van der Waals surface area contributed by atoms with Gasteiger partial charge < -0.3 is 19.9 Å². The van der Waals surface area contributed by atoms with Crippen molar-refractivity contribution in [3.63, 3.8) is 0 Å². The molecule has 0 spiro atoms. The highest BCUT2D eigenvalue weighted by Gasteiger charge is 2.31. The number of ether oxygens (including phenoxy) is 1. The van der Waals surface area contributed by atoms with Crippen LogP contribution in [0.25, 0.3) is 0 Å². The second kappa shape index (κ2) is 8.70. The largest absolute Gasteiger partial charge is 0.573 e. The third kappa shape index (κ3) is 7.88. The van der Waals surface area contributed by atoms with Gasteiger partial charge in [0.25, 0.3) is 11.8 Å². The van der Waals surface area contributed by atoms with Crippen LogP contribution in [0.15, 0.2) is 24.3 Å². The van der Waals surface area contributed by atoms with Crippen molar-refractivity contribution < 1.29 is 32.4 Å². The minimum atomic E-state index is -4.76. The van der Waals surface area contributed by atoms with Gasteiger partial charge in [-0.3, -0.25) is 9.59 Å². The Morgan fingerprint density at radius 3 is 2.24 bits per heavy atom. The summed E-state index contributed by atoms with van der Waals surface area (Å²) in [5.74, 6) is -0.786. The summed E-state index contributed by atoms with van der Waals surface area (Å²) < 4.78 is 40.0. The lowest BCUT2D eigenvalue weighted by atomic mass is 10.3. The number of amides is 2. The molecule has 0 aliphatic rings. The highest BCUT2D eigenvalue weighted by molar-refractivity contribution is 5.91. The van der Waals surface area contributed by atoms with Crippen molar-refractivity contribution in [3.8, 4) is 5.75 Å². The summed E-state index contributed by atoms with van der Waals surface area (Å²) in [5.41, 5.74) is 0.345. The van der Waals surface area contributed by atoms with Crippen LogP contribution in [-0.2, 0) is 9.59 Å². The standard InChI is InChI=1S/C16H22F3N3O3/c1-11(2)22(4)15(24)10-21(3)9-14(23)20-12-5-7-13(8-6-12)25-16(17,18)19/h5-8,11H,9-10H2,1-4H3,(H,20,23)/p+1. The topological polar surface area (TPSA) is 63.1 Å². The number of nitrogens with one attached hydrogen (secondary N) is 2. The molecule has 0 aromatic heterocycles. The Bertz CT molecular complexity index is 589. The fourth-order valence-electron chi connectivity index (χ4n) is 1.95. The zero-order valence-corrected chi connectivity index (χ0v) is 14.6. The van der Waals surface area contributed by atoms with E-state index in [9.17, 15) is 22.8 Å². The van der Waals surface area contributed by atoms with Gasteiger partial charge in [-0.1, -0.05) is 0 Å². The zero-order chi connectivity index (χ0) is 19.2. The molecule has 140 valence electrons. The van der Waals surface area contributed by atoms with Crippen molar-refractivity contribution >= 4 is 17.5 Å². The van der Waals surface area contributed by atoms with E-state index in [2.05, 4.69) is 10.1 Å². The Kier molecular flexibility index (Phi) is 7.22. The lowest BCUT2D eigenvalue weighted by Crippen LogP contribution is -3.11. The molecule has 2 N–H and O–H groups in total. The van der Waals surface area contributed by atoms with Crippen LogP contribution >= 0.6 is 0 Å². The van der Waals surface area contributed by atoms with Gasteiger partial charge in [0.15, 0.2) is 13.1 Å². The molecule has 1 rings (SSSR count). The lowest BCUT2D eigenvalue weighted by molar-refractivity contribution is -0.862. The Morgan fingerprint density at radius 2 is 1.76 bits per heavy atom. The molecule has 0 bridgehead atoms. The van der Waals surface area contributed by atoms with E-state index in [1.54, 1.807) is 19.0 Å². The smallest absolute Gasteiger partial charge is 0.406 e. The minimum absolute atomic E-state index is 0.0540. The summed E-state index contributed by atoms with van der Waals surface area (Å²) >= 11 is 0. The van der Waals surface area contributed by atoms with Gasteiger partial charge in [-0.05, 0) is 38.1 Å². The van der Waals surface area contributed by atoms with Gasteiger partial charge in [-0.25, -0.2) is 0 Å². The van der Waals surface area contributed by atoms with Gasteiger partial charge in [0.2, 0.25) is 0 Å².